The summed E-state index contributed by atoms with van der Waals surface area (Å²) in [6, 6.07) is 0. The molecule has 0 spiro atoms. The maximum atomic E-state index is 13.0. The molecule has 0 heterocycles. The minimum Gasteiger partial charge on any atom is -0.353 e. The number of rotatable bonds is 7. The van der Waals surface area contributed by atoms with E-state index in [1.165, 1.54) is 0 Å². The lowest BCUT2D eigenvalue weighted by atomic mass is 9.89. The summed E-state index contributed by atoms with van der Waals surface area (Å²) in [5.41, 5.74) is 0. The topological polar surface area (TPSA) is 40.5 Å². The molecule has 0 amide bonds. The van der Waals surface area contributed by atoms with E-state index in [4.69, 9.17) is 10.2 Å². The first-order valence-electron chi connectivity index (χ1n) is 5.77. The maximum Gasteiger partial charge on any atom is 0.460 e. The van der Waals surface area contributed by atoms with E-state index in [1.54, 1.807) is 0 Å². The second-order valence-electron chi connectivity index (χ2n) is 5.00. The average molecular weight is 466 g/mol. The lowest BCUT2D eigenvalue weighted by molar-refractivity contribution is -0.455. The molecule has 2 N–H and O–H groups in total. The second-order valence-corrected chi connectivity index (χ2v) is 5.00. The molecule has 0 bridgehead atoms. The molecule has 0 rings (SSSR count). The van der Waals surface area contributed by atoms with E-state index in [0.717, 1.165) is 0 Å². The van der Waals surface area contributed by atoms with Crippen molar-refractivity contribution in [3.8, 4) is 0 Å². The Bertz CT molecular complexity index is 570. The lowest BCUT2D eigenvalue weighted by Crippen LogP contribution is -2.73. The molecule has 0 fully saturated rings. The molecule has 0 aromatic carbocycles. The highest BCUT2D eigenvalue weighted by molar-refractivity contribution is 5.13. The van der Waals surface area contributed by atoms with E-state index in [2.05, 4.69) is 0 Å². The van der Waals surface area contributed by atoms with E-state index in [-0.39, 0.29) is 0 Å². The molecule has 170 valence electrons. The van der Waals surface area contributed by atoms with Gasteiger partial charge in [-0.3, -0.25) is 0 Å². The van der Waals surface area contributed by atoms with Gasteiger partial charge in [0.15, 0.2) is 0 Å². The first-order chi connectivity index (χ1) is 11.7. The Labute approximate surface area is 140 Å². The summed E-state index contributed by atoms with van der Waals surface area (Å²) < 4.78 is 213. The smallest absolute Gasteiger partial charge is 0.353 e. The van der Waals surface area contributed by atoms with Gasteiger partial charge in [-0.15, -0.1) is 0 Å². The van der Waals surface area contributed by atoms with Crippen molar-refractivity contribution in [2.45, 2.75) is 53.9 Å². The van der Waals surface area contributed by atoms with Crippen LogP contribution in [0.1, 0.15) is 0 Å². The van der Waals surface area contributed by atoms with Gasteiger partial charge in [-0.1, -0.05) is 0 Å². The number of alkyl halides is 17. The zero-order valence-electron chi connectivity index (χ0n) is 11.9. The summed E-state index contributed by atoms with van der Waals surface area (Å²) >= 11 is 0. The zero-order chi connectivity index (χ0) is 23.6. The average Bonchev–Trinajstić information content (AvgIpc) is 2.42. The van der Waals surface area contributed by atoms with Crippen LogP contribution in [-0.4, -0.2) is 64.1 Å². The van der Waals surface area contributed by atoms with Gasteiger partial charge in [-0.05, 0) is 0 Å². The molecule has 0 radical (unpaired) electrons. The Morgan fingerprint density at radius 3 is 1.00 bits per heavy atom. The number of halogens is 17. The fraction of sp³-hybridized carbons (Fsp3) is 1.00. The summed E-state index contributed by atoms with van der Waals surface area (Å²) in [6.07, 6.45) is -21.0. The lowest BCUT2D eigenvalue weighted by Gasteiger charge is -2.41. The molecule has 0 saturated carbocycles. The van der Waals surface area contributed by atoms with Gasteiger partial charge in [-0.2, -0.15) is 70.2 Å². The van der Waals surface area contributed by atoms with Crippen LogP contribution in [0.4, 0.5) is 74.6 Å². The van der Waals surface area contributed by atoms with Gasteiger partial charge in [0.05, 0.1) is 0 Å². The SMILES string of the molecule is OC(F)(F)C(O)(F)C(F)C(F)(F)C(F)(F)C(F)(F)C(F)(F)C(F)(F)C(F)(F)F. The van der Waals surface area contributed by atoms with Crippen LogP contribution in [0.25, 0.3) is 0 Å². The molecule has 2 unspecified atom stereocenters. The molecule has 0 aliphatic carbocycles. The van der Waals surface area contributed by atoms with Gasteiger partial charge in [0.2, 0.25) is 6.17 Å². The fourth-order valence-electron chi connectivity index (χ4n) is 1.33. The van der Waals surface area contributed by atoms with Crippen molar-refractivity contribution in [3.63, 3.8) is 0 Å². The first-order valence-corrected chi connectivity index (χ1v) is 5.77. The summed E-state index contributed by atoms with van der Waals surface area (Å²) in [6.45, 7) is 0. The molecule has 2 nitrogen and oxygen atoms in total. The van der Waals surface area contributed by atoms with Crippen molar-refractivity contribution >= 4 is 0 Å². The van der Waals surface area contributed by atoms with Crippen LogP contribution in [0.15, 0.2) is 0 Å². The van der Waals surface area contributed by atoms with E-state index in [0.29, 0.717) is 0 Å². The number of aliphatic hydroxyl groups is 2. The van der Waals surface area contributed by atoms with E-state index in [9.17, 15) is 74.6 Å². The molecule has 0 aliphatic heterocycles. The Morgan fingerprint density at radius 1 is 0.464 bits per heavy atom. The first kappa shape index (κ1) is 26.7. The predicted molar refractivity (Wildman–Crippen MR) is 48.9 cm³/mol. The van der Waals surface area contributed by atoms with Crippen LogP contribution in [0, 0.1) is 0 Å². The summed E-state index contributed by atoms with van der Waals surface area (Å²) in [4.78, 5) is 0. The van der Waals surface area contributed by atoms with Crippen molar-refractivity contribution in [1.82, 2.24) is 0 Å². The molecule has 0 aliphatic rings. The van der Waals surface area contributed by atoms with Crippen molar-refractivity contribution in [2.75, 3.05) is 0 Å². The van der Waals surface area contributed by atoms with Crippen molar-refractivity contribution < 1.29 is 84.9 Å². The molecule has 19 heteroatoms. The molecule has 28 heavy (non-hydrogen) atoms. The molecule has 0 aromatic heterocycles. The van der Waals surface area contributed by atoms with Gasteiger partial charge in [0.25, 0.3) is 0 Å². The Kier molecular flexibility index (Phi) is 6.07. The van der Waals surface area contributed by atoms with Crippen LogP contribution in [-0.2, 0) is 0 Å². The number of hydrogen-bond acceptors (Lipinski definition) is 2. The van der Waals surface area contributed by atoms with Gasteiger partial charge in [-0.25, -0.2) is 4.39 Å². The third-order valence-corrected chi connectivity index (χ3v) is 3.03. The normalized spacial score (nSPS) is 19.4. The van der Waals surface area contributed by atoms with Gasteiger partial charge >= 0.3 is 47.8 Å². The van der Waals surface area contributed by atoms with Crippen molar-refractivity contribution in [2.24, 2.45) is 0 Å². The standard InChI is InChI=1S/C9H3F17O2/c10-1(3(13,27)9(25,26)28)2(11,12)4(14,15)5(16,17)6(18,19)7(20,21)8(22,23)24/h1,27-28H. The minimum atomic E-state index is -8.59. The highest BCUT2D eigenvalue weighted by Gasteiger charge is 2.92. The van der Waals surface area contributed by atoms with Gasteiger partial charge in [0, 0.05) is 0 Å². The number of hydrogen-bond donors (Lipinski definition) is 2. The largest absolute Gasteiger partial charge is 0.460 e. The van der Waals surface area contributed by atoms with Crippen LogP contribution in [0.5, 0.6) is 0 Å². The molecule has 0 saturated heterocycles. The highest BCUT2D eigenvalue weighted by atomic mass is 19.4. The minimum absolute atomic E-state index is 6.45. The van der Waals surface area contributed by atoms with Gasteiger partial charge < -0.3 is 10.2 Å². The van der Waals surface area contributed by atoms with Gasteiger partial charge in [0.1, 0.15) is 0 Å². The highest BCUT2D eigenvalue weighted by Crippen LogP contribution is 2.61. The molecule has 2 atom stereocenters. The molecular weight excluding hydrogens is 463 g/mol. The van der Waals surface area contributed by atoms with E-state index in [1.807, 2.05) is 0 Å². The van der Waals surface area contributed by atoms with E-state index < -0.39 is 53.9 Å². The Morgan fingerprint density at radius 2 is 0.750 bits per heavy atom. The van der Waals surface area contributed by atoms with Crippen LogP contribution in [0.2, 0.25) is 0 Å². The fourth-order valence-corrected chi connectivity index (χ4v) is 1.33. The second kappa shape index (κ2) is 6.36. The third kappa shape index (κ3) is 3.32. The van der Waals surface area contributed by atoms with Crippen LogP contribution >= 0.6 is 0 Å². The predicted octanol–water partition coefficient (Wildman–Crippen LogP) is 4.31. The maximum absolute atomic E-state index is 13.0. The monoisotopic (exact) mass is 466 g/mol. The summed E-state index contributed by atoms with van der Waals surface area (Å²) in [7, 11) is 0. The van der Waals surface area contributed by atoms with Crippen molar-refractivity contribution in [1.29, 1.82) is 0 Å². The van der Waals surface area contributed by atoms with Crippen LogP contribution in [0.3, 0.4) is 0 Å². The summed E-state index contributed by atoms with van der Waals surface area (Å²) in [5, 5.41) is 15.5. The quantitative estimate of drug-likeness (QED) is 0.550. The molecular formula is C9H3F17O2. The van der Waals surface area contributed by atoms with Crippen molar-refractivity contribution in [3.05, 3.63) is 0 Å². The van der Waals surface area contributed by atoms with Crippen LogP contribution < -0.4 is 0 Å². The zero-order valence-corrected chi connectivity index (χ0v) is 11.9. The Hall–Kier alpha value is -1.27. The third-order valence-electron chi connectivity index (χ3n) is 3.03. The summed E-state index contributed by atoms with van der Waals surface area (Å²) in [5.74, 6) is -48.7. The molecule has 0 aromatic rings. The Balaban J connectivity index is 6.56. The van der Waals surface area contributed by atoms with E-state index >= 15 is 0 Å².